The number of carbonyl (C=O) groups is 1. The van der Waals surface area contributed by atoms with Gasteiger partial charge in [-0.1, -0.05) is 12.1 Å². The maximum Gasteiger partial charge on any atom is 0.261 e. The first-order valence-electron chi connectivity index (χ1n) is 7.14. The third-order valence-corrected chi connectivity index (χ3v) is 3.44. The lowest BCUT2D eigenvalue weighted by molar-refractivity contribution is 0.102. The number of carbonyl (C=O) groups excluding carboxylic acids is 1. The molecule has 0 saturated carbocycles. The van der Waals surface area contributed by atoms with Crippen LogP contribution >= 0.6 is 0 Å². The van der Waals surface area contributed by atoms with Crippen LogP contribution in [0.3, 0.4) is 0 Å². The molecule has 2 N–H and O–H groups in total. The Bertz CT molecular complexity index is 901. The second-order valence-corrected chi connectivity index (χ2v) is 5.19. The van der Waals surface area contributed by atoms with E-state index in [1.165, 1.54) is 0 Å². The molecule has 2 heterocycles. The van der Waals surface area contributed by atoms with E-state index in [2.05, 4.69) is 15.3 Å². The average Bonchev–Trinajstić information content (AvgIpc) is 2.56. The first kappa shape index (κ1) is 14.7. The van der Waals surface area contributed by atoms with E-state index < -0.39 is 11.5 Å². The van der Waals surface area contributed by atoms with Gasteiger partial charge < -0.3 is 10.3 Å². The van der Waals surface area contributed by atoms with Crippen LogP contribution in [-0.2, 0) is 0 Å². The Hall–Kier alpha value is -3.21. The first-order valence-corrected chi connectivity index (χ1v) is 7.14. The fourth-order valence-corrected chi connectivity index (χ4v) is 2.28. The highest BCUT2D eigenvalue weighted by Gasteiger charge is 2.12. The van der Waals surface area contributed by atoms with Crippen LogP contribution in [0.4, 0.5) is 5.69 Å². The van der Waals surface area contributed by atoms with Gasteiger partial charge in [-0.15, -0.1) is 0 Å². The van der Waals surface area contributed by atoms with Crippen molar-refractivity contribution in [2.75, 3.05) is 5.32 Å². The fourth-order valence-electron chi connectivity index (χ4n) is 2.28. The van der Waals surface area contributed by atoms with Crippen LogP contribution in [0.1, 0.15) is 15.9 Å². The summed E-state index contributed by atoms with van der Waals surface area (Å²) in [5.41, 5.74) is 2.96. The van der Waals surface area contributed by atoms with E-state index in [9.17, 15) is 9.59 Å². The first-order chi connectivity index (χ1) is 11.1. The van der Waals surface area contributed by atoms with Crippen molar-refractivity contribution in [2.45, 2.75) is 6.92 Å². The Kier molecular flexibility index (Phi) is 4.01. The molecule has 3 aromatic rings. The van der Waals surface area contributed by atoms with Crippen molar-refractivity contribution in [3.8, 4) is 11.1 Å². The van der Waals surface area contributed by atoms with Crippen molar-refractivity contribution < 1.29 is 4.79 Å². The van der Waals surface area contributed by atoms with Crippen molar-refractivity contribution in [2.24, 2.45) is 0 Å². The number of amides is 1. The molecule has 1 amide bonds. The zero-order valence-corrected chi connectivity index (χ0v) is 12.5. The number of H-pyrrole nitrogens is 1. The topological polar surface area (TPSA) is 74.8 Å². The smallest absolute Gasteiger partial charge is 0.261 e. The molecule has 0 saturated heterocycles. The molecule has 1 aromatic carbocycles. The monoisotopic (exact) mass is 305 g/mol. The Morgan fingerprint density at radius 1 is 1.09 bits per heavy atom. The Morgan fingerprint density at radius 2 is 1.87 bits per heavy atom. The quantitative estimate of drug-likeness (QED) is 0.781. The molecule has 5 heteroatoms. The molecule has 0 aliphatic rings. The molecule has 0 aliphatic carbocycles. The van der Waals surface area contributed by atoms with E-state index in [0.717, 1.165) is 16.7 Å². The highest BCUT2D eigenvalue weighted by Crippen LogP contribution is 2.17. The van der Waals surface area contributed by atoms with Crippen LogP contribution in [0.2, 0.25) is 0 Å². The van der Waals surface area contributed by atoms with Gasteiger partial charge in [-0.2, -0.15) is 0 Å². The zero-order valence-electron chi connectivity index (χ0n) is 12.5. The van der Waals surface area contributed by atoms with E-state index in [1.807, 2.05) is 37.3 Å². The molecule has 0 unspecified atom stereocenters. The molecule has 114 valence electrons. The van der Waals surface area contributed by atoms with Crippen LogP contribution in [0, 0.1) is 6.92 Å². The van der Waals surface area contributed by atoms with Gasteiger partial charge in [0.2, 0.25) is 0 Å². The summed E-state index contributed by atoms with van der Waals surface area (Å²) in [5.74, 6) is -0.437. The summed E-state index contributed by atoms with van der Waals surface area (Å²) in [4.78, 5) is 30.9. The van der Waals surface area contributed by atoms with Crippen molar-refractivity contribution in [3.05, 3.63) is 82.5 Å². The predicted molar refractivity (Wildman–Crippen MR) is 89.4 cm³/mol. The largest absolute Gasteiger partial charge is 0.328 e. The maximum atomic E-state index is 12.4. The molecule has 0 spiro atoms. The van der Waals surface area contributed by atoms with Crippen LogP contribution < -0.4 is 10.9 Å². The molecule has 0 fully saturated rings. The number of pyridine rings is 2. The van der Waals surface area contributed by atoms with Gasteiger partial charge in [-0.05, 0) is 53.9 Å². The van der Waals surface area contributed by atoms with Crippen LogP contribution in [0.15, 0.2) is 65.8 Å². The number of nitrogens with zero attached hydrogens (tertiary/aromatic N) is 1. The van der Waals surface area contributed by atoms with Gasteiger partial charge in [-0.25, -0.2) is 0 Å². The summed E-state index contributed by atoms with van der Waals surface area (Å²) in [6, 6.07) is 12.6. The Morgan fingerprint density at radius 3 is 2.61 bits per heavy atom. The van der Waals surface area contributed by atoms with Gasteiger partial charge in [0.25, 0.3) is 11.5 Å². The number of aromatic amines is 1. The summed E-state index contributed by atoms with van der Waals surface area (Å²) in [7, 11) is 0. The molecule has 0 bridgehead atoms. The standard InChI is InChI=1S/C18H15N3O2/c1-12-3-2-4-15(9-12)21-18(23)16-10-14(11-20-17(16)22)13-5-7-19-8-6-13/h2-11H,1H3,(H,20,22)(H,21,23). The highest BCUT2D eigenvalue weighted by atomic mass is 16.2. The Balaban J connectivity index is 1.93. The van der Waals surface area contributed by atoms with Crippen LogP contribution in [0.25, 0.3) is 11.1 Å². The number of anilines is 1. The fraction of sp³-hybridized carbons (Fsp3) is 0.0556. The summed E-state index contributed by atoms with van der Waals surface area (Å²) >= 11 is 0. The molecule has 23 heavy (non-hydrogen) atoms. The van der Waals surface area contributed by atoms with Gasteiger partial charge in [-0.3, -0.25) is 14.6 Å². The van der Waals surface area contributed by atoms with E-state index >= 15 is 0 Å². The summed E-state index contributed by atoms with van der Waals surface area (Å²) in [6.45, 7) is 1.94. The number of aryl methyl sites for hydroxylation is 1. The summed E-state index contributed by atoms with van der Waals surface area (Å²) < 4.78 is 0. The lowest BCUT2D eigenvalue weighted by atomic mass is 10.1. The summed E-state index contributed by atoms with van der Waals surface area (Å²) in [6.07, 6.45) is 4.90. The van der Waals surface area contributed by atoms with E-state index in [1.54, 1.807) is 30.7 Å². The molecule has 2 aromatic heterocycles. The molecular weight excluding hydrogens is 290 g/mol. The molecule has 0 aliphatic heterocycles. The second kappa shape index (κ2) is 6.27. The lowest BCUT2D eigenvalue weighted by Gasteiger charge is -2.07. The van der Waals surface area contributed by atoms with E-state index in [-0.39, 0.29) is 5.56 Å². The molecular formula is C18H15N3O2. The van der Waals surface area contributed by atoms with Gasteiger partial charge >= 0.3 is 0 Å². The molecule has 0 radical (unpaired) electrons. The van der Waals surface area contributed by atoms with Crippen molar-refractivity contribution in [1.29, 1.82) is 0 Å². The predicted octanol–water partition coefficient (Wildman–Crippen LogP) is 3.00. The minimum Gasteiger partial charge on any atom is -0.328 e. The number of benzene rings is 1. The zero-order chi connectivity index (χ0) is 16.2. The third-order valence-electron chi connectivity index (χ3n) is 3.44. The third kappa shape index (κ3) is 3.35. The van der Waals surface area contributed by atoms with Gasteiger partial charge in [0.15, 0.2) is 0 Å². The molecule has 0 atom stereocenters. The summed E-state index contributed by atoms with van der Waals surface area (Å²) in [5, 5.41) is 2.75. The second-order valence-electron chi connectivity index (χ2n) is 5.19. The number of hydrogen-bond donors (Lipinski definition) is 2. The minimum absolute atomic E-state index is 0.0702. The lowest BCUT2D eigenvalue weighted by Crippen LogP contribution is -2.23. The number of hydrogen-bond acceptors (Lipinski definition) is 3. The van der Waals surface area contributed by atoms with Crippen molar-refractivity contribution in [3.63, 3.8) is 0 Å². The normalized spacial score (nSPS) is 10.3. The van der Waals surface area contributed by atoms with Crippen LogP contribution in [-0.4, -0.2) is 15.9 Å². The minimum atomic E-state index is -0.437. The van der Waals surface area contributed by atoms with E-state index in [0.29, 0.717) is 5.69 Å². The maximum absolute atomic E-state index is 12.4. The Labute approximate surface area is 133 Å². The van der Waals surface area contributed by atoms with Gasteiger partial charge in [0, 0.05) is 24.3 Å². The number of aromatic nitrogens is 2. The SMILES string of the molecule is Cc1cccc(NC(=O)c2cc(-c3ccncc3)c[nH]c2=O)c1. The highest BCUT2D eigenvalue weighted by molar-refractivity contribution is 6.04. The van der Waals surface area contributed by atoms with Crippen LogP contribution in [0.5, 0.6) is 0 Å². The number of nitrogens with one attached hydrogen (secondary N) is 2. The average molecular weight is 305 g/mol. The van der Waals surface area contributed by atoms with Gasteiger partial charge in [0.05, 0.1) is 0 Å². The van der Waals surface area contributed by atoms with E-state index in [4.69, 9.17) is 0 Å². The van der Waals surface area contributed by atoms with Crippen molar-refractivity contribution >= 4 is 11.6 Å². The molecule has 3 rings (SSSR count). The molecule has 5 nitrogen and oxygen atoms in total. The van der Waals surface area contributed by atoms with Crippen molar-refractivity contribution in [1.82, 2.24) is 9.97 Å². The van der Waals surface area contributed by atoms with Gasteiger partial charge in [0.1, 0.15) is 5.56 Å². The number of rotatable bonds is 3.